The van der Waals surface area contributed by atoms with Gasteiger partial charge >= 0.3 is 11.9 Å². The van der Waals surface area contributed by atoms with Gasteiger partial charge < -0.3 is 15.5 Å². The second kappa shape index (κ2) is 7.76. The Hall–Kier alpha value is -0.910. The van der Waals surface area contributed by atoms with Crippen molar-refractivity contribution in [2.24, 2.45) is 0 Å². The highest BCUT2D eigenvalue weighted by Gasteiger charge is 2.22. The van der Waals surface area contributed by atoms with E-state index >= 15 is 0 Å². The Kier molecular flexibility index (Phi) is 6.65. The summed E-state index contributed by atoms with van der Waals surface area (Å²) in [4.78, 5) is 33.5. The third kappa shape index (κ3) is 5.23. The summed E-state index contributed by atoms with van der Waals surface area (Å²) in [6.07, 6.45) is -0.475. The van der Waals surface area contributed by atoms with Gasteiger partial charge in [0, 0.05) is 13.6 Å². The molecule has 1 atom stereocenters. The van der Waals surface area contributed by atoms with Gasteiger partial charge in [0.1, 0.15) is 6.04 Å². The van der Waals surface area contributed by atoms with Crippen molar-refractivity contribution < 1.29 is 24.6 Å². The van der Waals surface area contributed by atoms with Crippen LogP contribution in [0.25, 0.3) is 0 Å². The molecule has 0 aromatic heterocycles. The van der Waals surface area contributed by atoms with E-state index in [0.717, 1.165) is 3.57 Å². The first kappa shape index (κ1) is 17.1. The Morgan fingerprint density at radius 2 is 1.85 bits per heavy atom. The summed E-state index contributed by atoms with van der Waals surface area (Å²) in [6, 6.07) is 4.02. The third-order valence-electron chi connectivity index (χ3n) is 2.42. The molecule has 20 heavy (non-hydrogen) atoms. The highest BCUT2D eigenvalue weighted by Crippen LogP contribution is 2.16. The summed E-state index contributed by atoms with van der Waals surface area (Å²) in [5, 5.41) is 19.9. The number of rotatable bonds is 6. The van der Waals surface area contributed by atoms with E-state index in [9.17, 15) is 14.4 Å². The SMILES string of the molecule is O=C(O)CC[C@H](NC(=O)c1cc(I)ccc1I)C(=O)O. The van der Waals surface area contributed by atoms with Gasteiger partial charge in [-0.1, -0.05) is 0 Å². The first-order valence-corrected chi connectivity index (χ1v) is 7.67. The molecule has 0 radical (unpaired) electrons. The molecule has 0 bridgehead atoms. The molecular weight excluding hydrogens is 492 g/mol. The number of hydrogen-bond acceptors (Lipinski definition) is 3. The van der Waals surface area contributed by atoms with Gasteiger partial charge in [-0.3, -0.25) is 9.59 Å². The van der Waals surface area contributed by atoms with Gasteiger partial charge in [-0.2, -0.15) is 0 Å². The van der Waals surface area contributed by atoms with E-state index in [1.54, 1.807) is 12.1 Å². The number of nitrogens with one attached hydrogen (secondary N) is 1. The van der Waals surface area contributed by atoms with Gasteiger partial charge in [0.2, 0.25) is 0 Å². The molecule has 0 unspecified atom stereocenters. The molecule has 0 saturated heterocycles. The summed E-state index contributed by atoms with van der Waals surface area (Å²) < 4.78 is 1.55. The van der Waals surface area contributed by atoms with E-state index in [0.29, 0.717) is 9.13 Å². The lowest BCUT2D eigenvalue weighted by Gasteiger charge is -2.14. The van der Waals surface area contributed by atoms with Crippen LogP contribution in [0.1, 0.15) is 23.2 Å². The first-order chi connectivity index (χ1) is 9.31. The maximum absolute atomic E-state index is 12.0. The average Bonchev–Trinajstić information content (AvgIpc) is 2.36. The number of hydrogen-bond donors (Lipinski definition) is 3. The predicted octanol–water partition coefficient (Wildman–Crippen LogP) is 1.94. The van der Waals surface area contributed by atoms with Crippen molar-refractivity contribution in [1.82, 2.24) is 5.32 Å². The number of benzene rings is 1. The summed E-state index contributed by atoms with van der Waals surface area (Å²) in [5.74, 6) is -2.87. The van der Waals surface area contributed by atoms with Gasteiger partial charge in [-0.25, -0.2) is 4.79 Å². The molecular formula is C12H11I2NO5. The average molecular weight is 503 g/mol. The van der Waals surface area contributed by atoms with Gasteiger partial charge in [-0.15, -0.1) is 0 Å². The van der Waals surface area contributed by atoms with Crippen LogP contribution in [0.4, 0.5) is 0 Å². The number of aliphatic carboxylic acids is 2. The van der Waals surface area contributed by atoms with E-state index in [-0.39, 0.29) is 12.8 Å². The molecule has 0 aliphatic rings. The van der Waals surface area contributed by atoms with E-state index in [1.165, 1.54) is 0 Å². The van der Waals surface area contributed by atoms with Crippen LogP contribution in [-0.2, 0) is 9.59 Å². The molecule has 108 valence electrons. The molecule has 1 rings (SSSR count). The maximum Gasteiger partial charge on any atom is 0.326 e. The molecule has 1 amide bonds. The first-order valence-electron chi connectivity index (χ1n) is 5.51. The number of amides is 1. The molecule has 0 heterocycles. The highest BCUT2D eigenvalue weighted by atomic mass is 127. The standard InChI is InChI=1S/C12H11I2NO5/c13-6-1-2-8(14)7(5-6)11(18)15-9(12(19)20)3-4-10(16)17/h1-2,5,9H,3-4H2,(H,15,18)(H,16,17)(H,19,20)/t9-/m0/s1. The highest BCUT2D eigenvalue weighted by molar-refractivity contribution is 14.1. The van der Waals surface area contributed by atoms with E-state index in [4.69, 9.17) is 10.2 Å². The molecule has 8 heteroatoms. The van der Waals surface area contributed by atoms with Crippen molar-refractivity contribution in [3.8, 4) is 0 Å². The van der Waals surface area contributed by atoms with Crippen molar-refractivity contribution in [1.29, 1.82) is 0 Å². The van der Waals surface area contributed by atoms with Crippen molar-refractivity contribution >= 4 is 63.0 Å². The van der Waals surface area contributed by atoms with Gasteiger partial charge in [0.05, 0.1) is 5.56 Å². The van der Waals surface area contributed by atoms with Crippen molar-refractivity contribution in [3.05, 3.63) is 30.9 Å². The van der Waals surface area contributed by atoms with Crippen LogP contribution in [0.2, 0.25) is 0 Å². The quantitative estimate of drug-likeness (QED) is 0.516. The monoisotopic (exact) mass is 503 g/mol. The molecule has 0 spiro atoms. The maximum atomic E-state index is 12.0. The topological polar surface area (TPSA) is 104 Å². The van der Waals surface area contributed by atoms with Crippen LogP contribution in [0.5, 0.6) is 0 Å². The fourth-order valence-corrected chi connectivity index (χ4v) is 2.50. The normalized spacial score (nSPS) is 11.7. The number of carboxylic acid groups (broad SMARTS) is 2. The zero-order chi connectivity index (χ0) is 15.3. The van der Waals surface area contributed by atoms with E-state index in [1.807, 2.05) is 28.7 Å². The molecule has 0 fully saturated rings. The number of carbonyl (C=O) groups is 3. The van der Waals surface area contributed by atoms with Crippen LogP contribution in [0, 0.1) is 7.14 Å². The second-order valence-electron chi connectivity index (χ2n) is 3.92. The Labute approximate surface area is 142 Å². The van der Waals surface area contributed by atoms with Crippen molar-refractivity contribution in [3.63, 3.8) is 0 Å². The molecule has 6 nitrogen and oxygen atoms in total. The summed E-state index contributed by atoms with van der Waals surface area (Å²) in [6.45, 7) is 0. The number of carbonyl (C=O) groups excluding carboxylic acids is 1. The third-order valence-corrected chi connectivity index (χ3v) is 4.04. The molecule has 3 N–H and O–H groups in total. The van der Waals surface area contributed by atoms with E-state index < -0.39 is 23.9 Å². The number of halogens is 2. The van der Waals surface area contributed by atoms with Crippen LogP contribution >= 0.6 is 45.2 Å². The smallest absolute Gasteiger partial charge is 0.326 e. The molecule has 0 saturated carbocycles. The summed E-state index contributed by atoms with van der Waals surface area (Å²) in [7, 11) is 0. The minimum absolute atomic E-state index is 0.156. The Morgan fingerprint density at radius 1 is 1.20 bits per heavy atom. The fourth-order valence-electron chi connectivity index (χ4n) is 1.43. The summed E-state index contributed by atoms with van der Waals surface area (Å²) in [5.41, 5.74) is 0.374. The lowest BCUT2D eigenvalue weighted by atomic mass is 10.1. The lowest BCUT2D eigenvalue weighted by Crippen LogP contribution is -2.41. The Bertz CT molecular complexity index is 547. The van der Waals surface area contributed by atoms with Crippen LogP contribution in [-0.4, -0.2) is 34.1 Å². The molecule has 1 aromatic carbocycles. The van der Waals surface area contributed by atoms with Gasteiger partial charge in [-0.05, 0) is 69.8 Å². The minimum Gasteiger partial charge on any atom is -0.481 e. The Balaban J connectivity index is 2.82. The van der Waals surface area contributed by atoms with Crippen molar-refractivity contribution in [2.75, 3.05) is 0 Å². The van der Waals surface area contributed by atoms with Crippen molar-refractivity contribution in [2.45, 2.75) is 18.9 Å². The molecule has 1 aromatic rings. The second-order valence-corrected chi connectivity index (χ2v) is 6.33. The van der Waals surface area contributed by atoms with Gasteiger partial charge in [0.25, 0.3) is 5.91 Å². The van der Waals surface area contributed by atoms with Gasteiger partial charge in [0.15, 0.2) is 0 Å². The van der Waals surface area contributed by atoms with Crippen LogP contribution in [0.15, 0.2) is 18.2 Å². The Morgan fingerprint density at radius 3 is 2.40 bits per heavy atom. The zero-order valence-corrected chi connectivity index (χ0v) is 14.4. The number of carboxylic acids is 2. The molecule has 0 aliphatic carbocycles. The fraction of sp³-hybridized carbons (Fsp3) is 0.250. The van der Waals surface area contributed by atoms with Crippen LogP contribution < -0.4 is 5.32 Å². The lowest BCUT2D eigenvalue weighted by molar-refractivity contribution is -0.140. The molecule has 0 aliphatic heterocycles. The van der Waals surface area contributed by atoms with Crippen LogP contribution in [0.3, 0.4) is 0 Å². The predicted molar refractivity (Wildman–Crippen MR) is 87.6 cm³/mol. The largest absolute Gasteiger partial charge is 0.481 e. The summed E-state index contributed by atoms with van der Waals surface area (Å²) >= 11 is 4.03. The zero-order valence-electron chi connectivity index (χ0n) is 10.1. The van der Waals surface area contributed by atoms with E-state index in [2.05, 4.69) is 27.9 Å². The minimum atomic E-state index is -1.25.